The average molecular weight is 268 g/mol. The van der Waals surface area contributed by atoms with Crippen molar-refractivity contribution in [2.45, 2.75) is 13.0 Å². The van der Waals surface area contributed by atoms with E-state index in [0.29, 0.717) is 5.82 Å². The Labute approximate surface area is 106 Å². The number of aromatic amines is 1. The summed E-state index contributed by atoms with van der Waals surface area (Å²) in [5.41, 5.74) is -0.859. The first-order valence-electron chi connectivity index (χ1n) is 5.33. The van der Waals surface area contributed by atoms with Gasteiger partial charge in [-0.2, -0.15) is 5.10 Å². The Morgan fingerprint density at radius 2 is 2.16 bits per heavy atom. The summed E-state index contributed by atoms with van der Waals surface area (Å²) in [6.07, 6.45) is 1.29. The lowest BCUT2D eigenvalue weighted by Gasteiger charge is -2.14. The highest BCUT2D eigenvalue weighted by molar-refractivity contribution is 5.88. The predicted molar refractivity (Wildman–Crippen MR) is 61.7 cm³/mol. The first kappa shape index (κ1) is 12.9. The van der Waals surface area contributed by atoms with Crippen LogP contribution >= 0.6 is 0 Å². The molecule has 1 aromatic carbocycles. The minimum atomic E-state index is -1.52. The van der Waals surface area contributed by atoms with Gasteiger partial charge in [0.1, 0.15) is 12.2 Å². The number of hydrogen-bond acceptors (Lipinski definition) is 4. The van der Waals surface area contributed by atoms with E-state index in [1.807, 2.05) is 0 Å². The molecule has 0 amide bonds. The Morgan fingerprint density at radius 3 is 2.74 bits per heavy atom. The summed E-state index contributed by atoms with van der Waals surface area (Å²) in [5.74, 6) is -3.72. The Kier molecular flexibility index (Phi) is 3.41. The second-order valence-electron chi connectivity index (χ2n) is 3.83. The number of aromatic nitrogens is 3. The second kappa shape index (κ2) is 5.01. The van der Waals surface area contributed by atoms with E-state index in [1.54, 1.807) is 6.92 Å². The quantitative estimate of drug-likeness (QED) is 0.788. The van der Waals surface area contributed by atoms with Gasteiger partial charge in [-0.05, 0) is 19.1 Å². The Morgan fingerprint density at radius 1 is 1.42 bits per heavy atom. The molecule has 1 heterocycles. The summed E-state index contributed by atoms with van der Waals surface area (Å²) >= 11 is 0. The van der Waals surface area contributed by atoms with Crippen molar-refractivity contribution in [1.29, 1.82) is 0 Å². The van der Waals surface area contributed by atoms with Crippen LogP contribution in [-0.2, 0) is 0 Å². The molecule has 0 saturated heterocycles. The van der Waals surface area contributed by atoms with Crippen LogP contribution in [0.4, 0.5) is 14.5 Å². The van der Waals surface area contributed by atoms with Crippen LogP contribution in [0, 0.1) is 11.6 Å². The zero-order chi connectivity index (χ0) is 14.0. The molecule has 2 aromatic rings. The molecule has 19 heavy (non-hydrogen) atoms. The lowest BCUT2D eigenvalue weighted by molar-refractivity contribution is 0.0690. The maximum Gasteiger partial charge on any atom is 0.338 e. The first-order valence-corrected chi connectivity index (χ1v) is 5.33. The van der Waals surface area contributed by atoms with Crippen molar-refractivity contribution in [1.82, 2.24) is 15.2 Å². The number of nitrogens with zero attached hydrogens (tertiary/aromatic N) is 2. The van der Waals surface area contributed by atoms with Crippen LogP contribution in [0.2, 0.25) is 0 Å². The zero-order valence-corrected chi connectivity index (χ0v) is 9.82. The van der Waals surface area contributed by atoms with Crippen molar-refractivity contribution in [2.24, 2.45) is 0 Å². The van der Waals surface area contributed by atoms with E-state index < -0.39 is 29.2 Å². The van der Waals surface area contributed by atoms with Gasteiger partial charge in [0, 0.05) is 0 Å². The van der Waals surface area contributed by atoms with Crippen LogP contribution in [-0.4, -0.2) is 26.3 Å². The molecule has 0 saturated carbocycles. The van der Waals surface area contributed by atoms with Crippen LogP contribution in [0.1, 0.15) is 29.1 Å². The average Bonchev–Trinajstić information content (AvgIpc) is 2.88. The smallest absolute Gasteiger partial charge is 0.338 e. The molecule has 0 fully saturated rings. The van der Waals surface area contributed by atoms with Crippen molar-refractivity contribution in [2.75, 3.05) is 5.32 Å². The van der Waals surface area contributed by atoms with Crippen molar-refractivity contribution in [3.63, 3.8) is 0 Å². The van der Waals surface area contributed by atoms with Gasteiger partial charge in [0.25, 0.3) is 0 Å². The number of carboxylic acid groups (broad SMARTS) is 1. The fraction of sp³-hybridized carbons (Fsp3) is 0.182. The standard InChI is InChI=1S/C11H10F2N4O2/c1-5(10-14-4-15-17-10)16-7-3-2-6(11(18)19)8(12)9(7)13/h2-5,16H,1H3,(H,18,19)(H,14,15,17). The normalized spacial score (nSPS) is 12.2. The van der Waals surface area contributed by atoms with Gasteiger partial charge < -0.3 is 10.4 Å². The minimum Gasteiger partial charge on any atom is -0.478 e. The van der Waals surface area contributed by atoms with Crippen LogP contribution in [0.15, 0.2) is 18.5 Å². The van der Waals surface area contributed by atoms with Gasteiger partial charge in [0.2, 0.25) is 0 Å². The summed E-state index contributed by atoms with van der Waals surface area (Å²) in [6, 6.07) is 1.72. The van der Waals surface area contributed by atoms with Gasteiger partial charge in [0.15, 0.2) is 11.6 Å². The van der Waals surface area contributed by atoms with E-state index in [-0.39, 0.29) is 5.69 Å². The maximum absolute atomic E-state index is 13.7. The van der Waals surface area contributed by atoms with E-state index in [2.05, 4.69) is 20.5 Å². The molecule has 0 radical (unpaired) electrons. The predicted octanol–water partition coefficient (Wildman–Crippen LogP) is 1.95. The van der Waals surface area contributed by atoms with Gasteiger partial charge in [0.05, 0.1) is 17.3 Å². The lowest BCUT2D eigenvalue weighted by atomic mass is 10.1. The summed E-state index contributed by atoms with van der Waals surface area (Å²) in [4.78, 5) is 14.5. The number of nitrogens with one attached hydrogen (secondary N) is 2. The van der Waals surface area contributed by atoms with Gasteiger partial charge >= 0.3 is 5.97 Å². The number of benzene rings is 1. The molecule has 1 atom stereocenters. The van der Waals surface area contributed by atoms with Crippen LogP contribution in [0.25, 0.3) is 0 Å². The van der Waals surface area contributed by atoms with Crippen LogP contribution in [0.5, 0.6) is 0 Å². The third-order valence-electron chi connectivity index (χ3n) is 2.53. The highest BCUT2D eigenvalue weighted by Crippen LogP contribution is 2.23. The largest absolute Gasteiger partial charge is 0.478 e. The SMILES string of the molecule is CC(Nc1ccc(C(=O)O)c(F)c1F)c1ncn[nH]1. The highest BCUT2D eigenvalue weighted by atomic mass is 19.2. The van der Waals surface area contributed by atoms with Crippen molar-refractivity contribution >= 4 is 11.7 Å². The number of carbonyl (C=O) groups is 1. The molecule has 0 aliphatic heterocycles. The molecular formula is C11H10F2N4O2. The number of aromatic carboxylic acids is 1. The zero-order valence-electron chi connectivity index (χ0n) is 9.82. The number of carboxylic acids is 1. The maximum atomic E-state index is 13.7. The molecule has 0 aliphatic carbocycles. The fourth-order valence-electron chi connectivity index (χ4n) is 1.55. The minimum absolute atomic E-state index is 0.147. The lowest BCUT2D eigenvalue weighted by Crippen LogP contribution is -2.12. The number of rotatable bonds is 4. The summed E-state index contributed by atoms with van der Waals surface area (Å²) in [5, 5.41) is 17.6. The van der Waals surface area contributed by atoms with Crippen molar-refractivity contribution in [3.05, 3.63) is 41.5 Å². The Balaban J connectivity index is 2.27. The summed E-state index contributed by atoms with van der Waals surface area (Å²) in [6.45, 7) is 1.67. The van der Waals surface area contributed by atoms with E-state index in [9.17, 15) is 13.6 Å². The van der Waals surface area contributed by atoms with Gasteiger partial charge in [-0.15, -0.1) is 0 Å². The molecule has 8 heteroatoms. The van der Waals surface area contributed by atoms with Gasteiger partial charge in [-0.25, -0.2) is 18.6 Å². The van der Waals surface area contributed by atoms with Crippen LogP contribution in [0.3, 0.4) is 0 Å². The molecule has 1 aromatic heterocycles. The van der Waals surface area contributed by atoms with Crippen molar-refractivity contribution in [3.8, 4) is 0 Å². The van der Waals surface area contributed by atoms with E-state index in [0.717, 1.165) is 12.1 Å². The van der Waals surface area contributed by atoms with Gasteiger partial charge in [-0.1, -0.05) is 0 Å². The van der Waals surface area contributed by atoms with E-state index in [4.69, 9.17) is 5.11 Å². The number of anilines is 1. The monoisotopic (exact) mass is 268 g/mol. The third kappa shape index (κ3) is 2.51. The summed E-state index contributed by atoms with van der Waals surface area (Å²) < 4.78 is 27.2. The molecule has 6 nitrogen and oxygen atoms in total. The van der Waals surface area contributed by atoms with Gasteiger partial charge in [-0.3, -0.25) is 5.10 Å². The molecule has 0 aliphatic rings. The van der Waals surface area contributed by atoms with E-state index in [1.165, 1.54) is 6.33 Å². The topological polar surface area (TPSA) is 90.9 Å². The highest BCUT2D eigenvalue weighted by Gasteiger charge is 2.19. The Bertz CT molecular complexity index is 601. The number of hydrogen-bond donors (Lipinski definition) is 3. The molecule has 3 N–H and O–H groups in total. The van der Waals surface area contributed by atoms with Crippen LogP contribution < -0.4 is 5.32 Å². The fourth-order valence-corrected chi connectivity index (χ4v) is 1.55. The Hall–Kier alpha value is -2.51. The van der Waals surface area contributed by atoms with Crippen molar-refractivity contribution < 1.29 is 18.7 Å². The van der Waals surface area contributed by atoms with E-state index >= 15 is 0 Å². The molecular weight excluding hydrogens is 258 g/mol. The molecule has 0 bridgehead atoms. The molecule has 2 rings (SSSR count). The number of halogens is 2. The first-order chi connectivity index (χ1) is 9.00. The third-order valence-corrected chi connectivity index (χ3v) is 2.53. The second-order valence-corrected chi connectivity index (χ2v) is 3.83. The number of H-pyrrole nitrogens is 1. The molecule has 100 valence electrons. The summed E-state index contributed by atoms with van der Waals surface area (Å²) in [7, 11) is 0. The molecule has 0 spiro atoms. The molecule has 1 unspecified atom stereocenters.